The maximum absolute atomic E-state index is 14.4. The minimum Gasteiger partial charge on any atom is -0.309 e. The van der Waals surface area contributed by atoms with E-state index in [0.717, 1.165) is 31.7 Å². The average Bonchev–Trinajstić information content (AvgIpc) is 3.93. The minimum atomic E-state index is -5.02. The van der Waals surface area contributed by atoms with E-state index in [1.807, 2.05) is 13.8 Å². The van der Waals surface area contributed by atoms with Gasteiger partial charge in [-0.05, 0) is 118 Å². The van der Waals surface area contributed by atoms with Crippen LogP contribution in [-0.2, 0) is 48.7 Å². The van der Waals surface area contributed by atoms with Crippen LogP contribution in [0.1, 0.15) is 56.2 Å². The summed E-state index contributed by atoms with van der Waals surface area (Å²) in [7, 11) is -10.0. The van der Waals surface area contributed by atoms with Crippen molar-refractivity contribution in [1.29, 1.82) is 0 Å². The molecule has 0 saturated heterocycles. The van der Waals surface area contributed by atoms with Gasteiger partial charge < -0.3 is 9.80 Å². The summed E-state index contributed by atoms with van der Waals surface area (Å²) in [6, 6.07) is 9.36. The van der Waals surface area contributed by atoms with Crippen LogP contribution >= 0.6 is 11.6 Å². The van der Waals surface area contributed by atoms with E-state index in [9.17, 15) is 39.6 Å². The maximum atomic E-state index is 14.4. The fourth-order valence-electron chi connectivity index (χ4n) is 6.71. The zero-order chi connectivity index (χ0) is 34.5. The quantitative estimate of drug-likeness (QED) is 0.283. The van der Waals surface area contributed by atoms with Crippen molar-refractivity contribution < 1.29 is 39.6 Å². The molecule has 0 aromatic heterocycles. The van der Waals surface area contributed by atoms with Crippen molar-refractivity contribution in [2.75, 3.05) is 13.5 Å². The summed E-state index contributed by atoms with van der Waals surface area (Å²) in [5.74, 6) is -0.269. The van der Waals surface area contributed by atoms with E-state index in [1.165, 1.54) is 36.4 Å². The van der Waals surface area contributed by atoms with Crippen LogP contribution in [0.5, 0.6) is 0 Å². The third-order valence-corrected chi connectivity index (χ3v) is 13.8. The van der Waals surface area contributed by atoms with Crippen molar-refractivity contribution >= 4 is 60.5 Å². The zero-order valence-electron chi connectivity index (χ0n) is 25.9. The molecule has 3 aromatic carbocycles. The predicted molar refractivity (Wildman–Crippen MR) is 173 cm³/mol. The Kier molecular flexibility index (Phi) is 7.68. The molecule has 15 heteroatoms. The molecular weight excluding hydrogens is 691 g/mol. The van der Waals surface area contributed by atoms with Gasteiger partial charge >= 0.3 is 6.18 Å². The Labute approximate surface area is 281 Å². The number of hydrogen-bond acceptors (Lipinski definition) is 6. The SMILES string of the molecule is CC1Cc2cc(S(=O)(=O)N(c3ccc(C(F)(F)F)c(Cl)c3)S(=O)(=O)c3ccc4c(c3)CC(C)N4C(=O)C3CC3)ccc2N1C(=O)C1CC1. The van der Waals surface area contributed by atoms with Gasteiger partial charge in [0.25, 0.3) is 20.0 Å². The largest absolute Gasteiger partial charge is 0.417 e. The van der Waals surface area contributed by atoms with E-state index < -0.39 is 52.3 Å². The molecule has 7 rings (SSSR count). The van der Waals surface area contributed by atoms with Gasteiger partial charge in [-0.1, -0.05) is 11.6 Å². The highest BCUT2D eigenvalue weighted by atomic mass is 35.5. The highest BCUT2D eigenvalue weighted by Gasteiger charge is 2.44. The van der Waals surface area contributed by atoms with Gasteiger partial charge in [-0.2, -0.15) is 16.9 Å². The van der Waals surface area contributed by atoms with Crippen LogP contribution in [0.4, 0.5) is 30.2 Å². The Balaban J connectivity index is 1.33. The van der Waals surface area contributed by atoms with Gasteiger partial charge in [-0.15, -0.1) is 0 Å². The molecule has 9 nitrogen and oxygen atoms in total. The number of fused-ring (bicyclic) bond motifs is 2. The molecule has 4 aliphatic rings. The van der Waals surface area contributed by atoms with Gasteiger partial charge in [0.05, 0.1) is 26.1 Å². The number of sulfonamides is 2. The van der Waals surface area contributed by atoms with Crippen LogP contribution in [0, 0.1) is 11.8 Å². The standard InChI is InChI=1S/C33H31ClF3N3O6S2/c1-18-13-22-15-25(8-11-29(22)38(18)31(41)20-3-4-20)47(43,44)40(24-7-10-27(28(34)17-24)33(35,36)37)48(45,46)26-9-12-30-23(16-26)14-19(2)39(30)32(42)21-5-6-21/h7-12,15-21H,3-6,13-14H2,1-2H3. The number of alkyl halides is 3. The van der Waals surface area contributed by atoms with E-state index in [2.05, 4.69) is 0 Å². The molecule has 0 radical (unpaired) electrons. The Morgan fingerprint density at radius 2 is 1.17 bits per heavy atom. The monoisotopic (exact) mass is 721 g/mol. The van der Waals surface area contributed by atoms with Gasteiger partial charge in [0.2, 0.25) is 11.8 Å². The van der Waals surface area contributed by atoms with Crippen LogP contribution in [0.3, 0.4) is 0 Å². The third kappa shape index (κ3) is 5.45. The molecule has 2 aliphatic heterocycles. The number of benzene rings is 3. The van der Waals surface area contributed by atoms with Gasteiger partial charge in [0, 0.05) is 35.3 Å². The smallest absolute Gasteiger partial charge is 0.309 e. The number of rotatable bonds is 7. The maximum Gasteiger partial charge on any atom is 0.417 e. The first-order valence-electron chi connectivity index (χ1n) is 15.6. The van der Waals surface area contributed by atoms with E-state index in [-0.39, 0.29) is 39.4 Å². The summed E-state index contributed by atoms with van der Waals surface area (Å²) in [6.45, 7) is 3.67. The van der Waals surface area contributed by atoms with Gasteiger partial charge in [-0.25, -0.2) is 16.8 Å². The summed E-state index contributed by atoms with van der Waals surface area (Å²) in [6.07, 6.45) is -1.10. The van der Waals surface area contributed by atoms with Crippen molar-refractivity contribution in [3.8, 4) is 0 Å². The zero-order valence-corrected chi connectivity index (χ0v) is 28.3. The highest BCUT2D eigenvalue weighted by molar-refractivity contribution is 8.10. The Hall–Kier alpha value is -3.62. The summed E-state index contributed by atoms with van der Waals surface area (Å²) >= 11 is 5.98. The summed E-state index contributed by atoms with van der Waals surface area (Å²) in [5, 5.41) is -0.885. The molecule has 2 heterocycles. The number of anilines is 3. The number of nitrogens with zero attached hydrogens (tertiary/aromatic N) is 3. The second-order valence-corrected chi connectivity index (χ2v) is 17.2. The van der Waals surface area contributed by atoms with E-state index in [0.29, 0.717) is 47.5 Å². The summed E-state index contributed by atoms with van der Waals surface area (Å²) < 4.78 is 98.5. The fraction of sp³-hybridized carbons (Fsp3) is 0.394. The predicted octanol–water partition coefficient (Wildman–Crippen LogP) is 6.32. The molecule has 3 aromatic rings. The van der Waals surface area contributed by atoms with E-state index in [4.69, 9.17) is 11.6 Å². The van der Waals surface area contributed by atoms with Crippen LogP contribution in [0.2, 0.25) is 5.02 Å². The molecule has 2 unspecified atom stereocenters. The highest BCUT2D eigenvalue weighted by Crippen LogP contribution is 2.44. The first-order valence-corrected chi connectivity index (χ1v) is 18.8. The molecule has 2 fully saturated rings. The Morgan fingerprint density at radius 3 is 1.54 bits per heavy atom. The molecule has 2 amide bonds. The lowest BCUT2D eigenvalue weighted by Crippen LogP contribution is -2.37. The number of hydrogen-bond donors (Lipinski definition) is 0. The average molecular weight is 722 g/mol. The van der Waals surface area contributed by atoms with Gasteiger partial charge in [0.1, 0.15) is 0 Å². The molecule has 2 aliphatic carbocycles. The third-order valence-electron chi connectivity index (χ3n) is 9.36. The van der Waals surface area contributed by atoms with Crippen LogP contribution in [-0.4, -0.2) is 40.7 Å². The molecule has 0 spiro atoms. The van der Waals surface area contributed by atoms with Crippen molar-refractivity contribution in [1.82, 2.24) is 0 Å². The van der Waals surface area contributed by atoms with Crippen LogP contribution in [0.25, 0.3) is 0 Å². The first-order chi connectivity index (χ1) is 22.5. The molecule has 48 heavy (non-hydrogen) atoms. The Bertz CT molecular complexity index is 1980. The lowest BCUT2D eigenvalue weighted by atomic mass is 10.1. The minimum absolute atomic E-state index is 0.0521. The molecule has 0 N–H and O–H groups in total. The van der Waals surface area contributed by atoms with Crippen molar-refractivity contribution in [3.05, 3.63) is 76.3 Å². The van der Waals surface area contributed by atoms with E-state index in [1.54, 1.807) is 9.80 Å². The molecule has 2 saturated carbocycles. The van der Waals surface area contributed by atoms with Gasteiger partial charge in [-0.3, -0.25) is 9.59 Å². The van der Waals surface area contributed by atoms with Crippen molar-refractivity contribution in [2.45, 2.75) is 80.4 Å². The number of halogens is 4. The lowest BCUT2D eigenvalue weighted by Gasteiger charge is -2.26. The first kappa shape index (κ1) is 32.9. The van der Waals surface area contributed by atoms with Gasteiger partial charge in [0.15, 0.2) is 0 Å². The van der Waals surface area contributed by atoms with E-state index >= 15 is 0 Å². The van der Waals surface area contributed by atoms with Crippen LogP contribution < -0.4 is 13.5 Å². The molecule has 0 bridgehead atoms. The topological polar surface area (TPSA) is 112 Å². The van der Waals surface area contributed by atoms with Crippen LogP contribution in [0.15, 0.2) is 64.4 Å². The molecule has 254 valence electrons. The number of carbonyl (C=O) groups is 2. The molecule has 2 atom stereocenters. The van der Waals surface area contributed by atoms with Crippen molar-refractivity contribution in [3.63, 3.8) is 0 Å². The number of amides is 2. The second-order valence-electron chi connectivity index (χ2n) is 13.0. The molecular formula is C33H31ClF3N3O6S2. The second kappa shape index (κ2) is 11.2. The normalized spacial score (nSPS) is 20.9. The number of carbonyl (C=O) groups excluding carboxylic acids is 2. The Morgan fingerprint density at radius 1 is 0.729 bits per heavy atom. The fourth-order valence-corrected chi connectivity index (χ4v) is 10.8. The van der Waals surface area contributed by atoms with Crippen molar-refractivity contribution in [2.24, 2.45) is 11.8 Å². The lowest BCUT2D eigenvalue weighted by molar-refractivity contribution is -0.137. The summed E-state index contributed by atoms with van der Waals surface area (Å²) in [4.78, 5) is 28.4. The summed E-state index contributed by atoms with van der Waals surface area (Å²) in [5.41, 5.74) is 0.222.